The average molecular weight is 390 g/mol. The third-order valence-electron chi connectivity index (χ3n) is 5.05. The number of aromatic nitrogens is 1. The maximum absolute atomic E-state index is 5.77. The van der Waals surface area contributed by atoms with Gasteiger partial charge in [-0.05, 0) is 76.2 Å². The number of hydrogen-bond acceptors (Lipinski definition) is 5. The molecule has 0 fully saturated rings. The lowest BCUT2D eigenvalue weighted by atomic mass is 10.0. The van der Waals surface area contributed by atoms with Gasteiger partial charge < -0.3 is 16.0 Å². The summed E-state index contributed by atoms with van der Waals surface area (Å²) in [6.45, 7) is 7.31. The minimum absolute atomic E-state index is 0.626. The number of anilines is 1. The zero-order valence-electron chi connectivity index (χ0n) is 17.7. The molecule has 0 atom stereocenters. The highest BCUT2D eigenvalue weighted by Gasteiger charge is 2.11. The number of nitrogens with two attached hydrogens (primary N) is 1. The largest absolute Gasteiger partial charge is 0.387 e. The Labute approximate surface area is 174 Å². The number of aliphatic imine (C=N–C) groups is 1. The monoisotopic (exact) mass is 389 g/mol. The summed E-state index contributed by atoms with van der Waals surface area (Å²) in [6, 6.07) is 10.7. The first kappa shape index (κ1) is 20.8. The van der Waals surface area contributed by atoms with Gasteiger partial charge >= 0.3 is 0 Å². The van der Waals surface area contributed by atoms with Crippen LogP contribution in [-0.2, 0) is 6.42 Å². The van der Waals surface area contributed by atoms with Crippen LogP contribution < -0.4 is 11.1 Å². The van der Waals surface area contributed by atoms with Gasteiger partial charge in [-0.3, -0.25) is 4.98 Å². The summed E-state index contributed by atoms with van der Waals surface area (Å²) in [7, 11) is 4.22. The van der Waals surface area contributed by atoms with Crippen molar-refractivity contribution in [3.63, 3.8) is 0 Å². The van der Waals surface area contributed by atoms with Crippen molar-refractivity contribution in [3.8, 4) is 11.1 Å². The Bertz CT molecular complexity index is 923. The van der Waals surface area contributed by atoms with E-state index in [4.69, 9.17) is 5.73 Å². The van der Waals surface area contributed by atoms with Gasteiger partial charge in [-0.25, -0.2) is 4.99 Å². The first-order chi connectivity index (χ1) is 13.9. The van der Waals surface area contributed by atoms with Gasteiger partial charge in [-0.2, -0.15) is 0 Å². The van der Waals surface area contributed by atoms with Crippen molar-refractivity contribution in [3.05, 3.63) is 71.8 Å². The molecule has 0 bridgehead atoms. The summed E-state index contributed by atoms with van der Waals surface area (Å²) < 4.78 is 0. The lowest BCUT2D eigenvalue weighted by Crippen LogP contribution is -2.12. The zero-order chi connectivity index (χ0) is 20.8. The van der Waals surface area contributed by atoms with Crippen LogP contribution in [0.1, 0.15) is 30.5 Å². The number of unbranched alkanes of at least 4 members (excludes halogenated alkanes) is 1. The van der Waals surface area contributed by atoms with E-state index in [1.807, 2.05) is 12.3 Å². The van der Waals surface area contributed by atoms with Crippen LogP contribution in [0.4, 0.5) is 5.69 Å². The molecule has 0 unspecified atom stereocenters. The predicted molar refractivity (Wildman–Crippen MR) is 123 cm³/mol. The van der Waals surface area contributed by atoms with Crippen LogP contribution in [0.15, 0.2) is 65.6 Å². The molecule has 3 rings (SSSR count). The molecule has 3 N–H and O–H groups in total. The Kier molecular flexibility index (Phi) is 6.83. The molecule has 0 saturated carbocycles. The third-order valence-corrected chi connectivity index (χ3v) is 5.05. The van der Waals surface area contributed by atoms with Crippen molar-refractivity contribution >= 4 is 11.5 Å². The maximum atomic E-state index is 5.77. The number of benzene rings is 1. The smallest absolute Gasteiger partial charge is 0.104 e. The van der Waals surface area contributed by atoms with Crippen molar-refractivity contribution in [2.45, 2.75) is 32.6 Å². The number of aryl methyl sites for hydroxylation is 2. The first-order valence-electron chi connectivity index (χ1n) is 10.1. The number of pyridine rings is 1. The summed E-state index contributed by atoms with van der Waals surface area (Å²) in [4.78, 5) is 11.2. The average Bonchev–Trinajstić information content (AvgIpc) is 3.14. The molecular weight excluding hydrogens is 358 g/mol. The van der Waals surface area contributed by atoms with Crippen LogP contribution in [0.5, 0.6) is 0 Å². The van der Waals surface area contributed by atoms with E-state index in [0.29, 0.717) is 12.3 Å². The summed E-state index contributed by atoms with van der Waals surface area (Å²) in [5.41, 5.74) is 12.9. The van der Waals surface area contributed by atoms with E-state index in [9.17, 15) is 0 Å². The number of amidine groups is 1. The molecule has 1 aromatic carbocycles. The van der Waals surface area contributed by atoms with Crippen LogP contribution in [-0.4, -0.2) is 36.4 Å². The van der Waals surface area contributed by atoms with Gasteiger partial charge in [-0.15, -0.1) is 0 Å². The van der Waals surface area contributed by atoms with Gasteiger partial charge in [0.25, 0.3) is 0 Å². The highest BCUT2D eigenvalue weighted by atomic mass is 15.0. The van der Waals surface area contributed by atoms with E-state index in [0.717, 1.165) is 58.9 Å². The Balaban J connectivity index is 1.66. The molecule has 0 amide bonds. The van der Waals surface area contributed by atoms with Crippen molar-refractivity contribution in [1.29, 1.82) is 0 Å². The fraction of sp³-hybridized carbons (Fsp3) is 0.333. The van der Waals surface area contributed by atoms with Gasteiger partial charge in [0.15, 0.2) is 0 Å². The molecule has 2 heterocycles. The van der Waals surface area contributed by atoms with Gasteiger partial charge in [0.05, 0.1) is 11.4 Å². The number of hydrogen-bond donors (Lipinski definition) is 2. The number of rotatable bonds is 9. The molecule has 5 heteroatoms. The van der Waals surface area contributed by atoms with Gasteiger partial charge in [0, 0.05) is 29.6 Å². The Hall–Kier alpha value is -2.92. The Morgan fingerprint density at radius 2 is 1.97 bits per heavy atom. The molecule has 29 heavy (non-hydrogen) atoms. The molecule has 152 valence electrons. The molecule has 5 nitrogen and oxygen atoms in total. The Morgan fingerprint density at radius 1 is 1.17 bits per heavy atom. The molecule has 0 radical (unpaired) electrons. The number of nitrogens with one attached hydrogen (secondary N) is 1. The van der Waals surface area contributed by atoms with Crippen LogP contribution in [0.3, 0.4) is 0 Å². The van der Waals surface area contributed by atoms with E-state index in [-0.39, 0.29) is 0 Å². The molecule has 1 aliphatic rings. The second kappa shape index (κ2) is 9.52. The summed E-state index contributed by atoms with van der Waals surface area (Å²) >= 11 is 0. The van der Waals surface area contributed by atoms with Crippen LogP contribution >= 0.6 is 0 Å². The van der Waals surface area contributed by atoms with Gasteiger partial charge in [-0.1, -0.05) is 24.8 Å². The molecule has 2 aromatic rings. The summed E-state index contributed by atoms with van der Waals surface area (Å²) in [5.74, 6) is 0.626. The van der Waals surface area contributed by atoms with E-state index < -0.39 is 0 Å². The SMILES string of the molecule is C=C(Nc1cc(-c2ccc(CCCCN(C)C)nc2)ccc1C)C1=CCC(N)=N1. The second-order valence-corrected chi connectivity index (χ2v) is 7.83. The third kappa shape index (κ3) is 5.78. The minimum atomic E-state index is 0.626. The highest BCUT2D eigenvalue weighted by molar-refractivity contribution is 5.86. The fourth-order valence-electron chi connectivity index (χ4n) is 3.28. The van der Waals surface area contributed by atoms with E-state index in [2.05, 4.69) is 78.1 Å². The molecule has 0 aliphatic carbocycles. The van der Waals surface area contributed by atoms with E-state index >= 15 is 0 Å². The summed E-state index contributed by atoms with van der Waals surface area (Å²) in [6.07, 6.45) is 8.02. The molecular formula is C24H31N5. The summed E-state index contributed by atoms with van der Waals surface area (Å²) in [5, 5.41) is 3.39. The molecule has 0 spiro atoms. The van der Waals surface area contributed by atoms with Crippen molar-refractivity contribution < 1.29 is 0 Å². The first-order valence-corrected chi connectivity index (χ1v) is 10.1. The Morgan fingerprint density at radius 3 is 2.62 bits per heavy atom. The predicted octanol–water partition coefficient (Wildman–Crippen LogP) is 4.51. The molecule has 1 aliphatic heterocycles. The van der Waals surface area contributed by atoms with Gasteiger partial charge in [0.2, 0.25) is 0 Å². The highest BCUT2D eigenvalue weighted by Crippen LogP contribution is 2.28. The standard InChI is InChI=1S/C24H31N5/c1-17-8-9-19(15-23(17)27-18(2)22-12-13-24(25)28-22)20-10-11-21(26-16-20)7-5-6-14-29(3)4/h8-12,15-16,27H,2,5-7,13-14H2,1,3-4H3,(H2,25,28). The molecule has 1 aromatic heterocycles. The van der Waals surface area contributed by atoms with Crippen molar-refractivity contribution in [2.24, 2.45) is 10.7 Å². The lowest BCUT2D eigenvalue weighted by Gasteiger charge is -2.14. The van der Waals surface area contributed by atoms with Crippen LogP contribution in [0.25, 0.3) is 11.1 Å². The topological polar surface area (TPSA) is 66.5 Å². The normalized spacial score (nSPS) is 13.4. The molecule has 0 saturated heterocycles. The maximum Gasteiger partial charge on any atom is 0.104 e. The fourth-order valence-corrected chi connectivity index (χ4v) is 3.28. The van der Waals surface area contributed by atoms with E-state index in [1.54, 1.807) is 0 Å². The van der Waals surface area contributed by atoms with E-state index in [1.165, 1.54) is 6.42 Å². The lowest BCUT2D eigenvalue weighted by molar-refractivity contribution is 0.394. The zero-order valence-corrected chi connectivity index (χ0v) is 17.7. The number of nitrogens with zero attached hydrogens (tertiary/aromatic N) is 3. The van der Waals surface area contributed by atoms with Crippen LogP contribution in [0, 0.1) is 6.92 Å². The van der Waals surface area contributed by atoms with Crippen molar-refractivity contribution in [2.75, 3.05) is 26.0 Å². The van der Waals surface area contributed by atoms with Crippen LogP contribution in [0.2, 0.25) is 0 Å². The minimum Gasteiger partial charge on any atom is -0.387 e. The van der Waals surface area contributed by atoms with Gasteiger partial charge in [0.1, 0.15) is 5.84 Å². The quantitative estimate of drug-likeness (QED) is 0.619. The second-order valence-electron chi connectivity index (χ2n) is 7.83. The van der Waals surface area contributed by atoms with Crippen molar-refractivity contribution in [1.82, 2.24) is 9.88 Å².